The molecule has 3 fully saturated rings. The van der Waals surface area contributed by atoms with Crippen LogP contribution in [0.1, 0.15) is 105 Å². The zero-order chi connectivity index (χ0) is 24.0. The second-order valence-corrected chi connectivity index (χ2v) is 13.4. The van der Waals surface area contributed by atoms with Crippen molar-refractivity contribution >= 4 is 5.97 Å². The van der Waals surface area contributed by atoms with Crippen molar-refractivity contribution in [1.29, 1.82) is 0 Å². The first-order valence-electron chi connectivity index (χ1n) is 14.2. The Bertz CT molecular complexity index is 765. The van der Waals surface area contributed by atoms with Crippen molar-refractivity contribution in [2.45, 2.75) is 105 Å². The molecule has 0 bridgehead atoms. The van der Waals surface area contributed by atoms with Crippen LogP contribution in [0.3, 0.4) is 0 Å². The van der Waals surface area contributed by atoms with E-state index in [2.05, 4.69) is 47.3 Å². The number of hydrogen-bond acceptors (Lipinski definition) is 1. The topological polar surface area (TPSA) is 37.3 Å². The lowest BCUT2D eigenvalue weighted by molar-refractivity contribution is -0.142. The lowest BCUT2D eigenvalue weighted by Crippen LogP contribution is -2.50. The molecule has 4 aliphatic rings. The van der Waals surface area contributed by atoms with Crippen LogP contribution in [0.15, 0.2) is 24.3 Å². The summed E-state index contributed by atoms with van der Waals surface area (Å²) in [4.78, 5) is 11.8. The van der Waals surface area contributed by atoms with E-state index in [1.54, 1.807) is 11.6 Å². The Kier molecular flexibility index (Phi) is 7.24. The van der Waals surface area contributed by atoms with Gasteiger partial charge in [-0.25, -0.2) is 0 Å². The molecule has 0 heterocycles. The average molecular weight is 455 g/mol. The minimum atomic E-state index is -0.694. The van der Waals surface area contributed by atoms with Gasteiger partial charge in [-0.05, 0) is 104 Å². The highest BCUT2D eigenvalue weighted by atomic mass is 16.4. The first kappa shape index (κ1) is 25.1. The highest BCUT2D eigenvalue weighted by molar-refractivity contribution is 5.72. The maximum atomic E-state index is 11.8. The third-order valence-electron chi connectivity index (χ3n) is 11.4. The maximum Gasteiger partial charge on any atom is 0.310 e. The van der Waals surface area contributed by atoms with Crippen molar-refractivity contribution in [2.24, 2.45) is 58.2 Å². The molecule has 0 aromatic carbocycles. The zero-order valence-electron chi connectivity index (χ0n) is 22.1. The summed E-state index contributed by atoms with van der Waals surface area (Å²) in [6, 6.07) is 0. The molecule has 186 valence electrons. The molecule has 0 amide bonds. The Morgan fingerprint density at radius 2 is 1.88 bits per heavy atom. The fourth-order valence-electron chi connectivity index (χ4n) is 9.52. The van der Waals surface area contributed by atoms with E-state index in [0.29, 0.717) is 10.8 Å². The molecule has 3 saturated carbocycles. The lowest BCUT2D eigenvalue weighted by Gasteiger charge is -2.59. The highest BCUT2D eigenvalue weighted by Crippen LogP contribution is 2.67. The molecule has 1 N–H and O–H groups in total. The van der Waals surface area contributed by atoms with Crippen LogP contribution in [-0.2, 0) is 4.79 Å². The van der Waals surface area contributed by atoms with Crippen molar-refractivity contribution < 1.29 is 9.90 Å². The molecule has 0 aliphatic heterocycles. The van der Waals surface area contributed by atoms with Crippen LogP contribution in [0, 0.1) is 58.2 Å². The van der Waals surface area contributed by atoms with Gasteiger partial charge in [0.05, 0.1) is 5.92 Å². The number of carboxylic acids is 1. The molecular formula is C31H50O2. The minimum Gasteiger partial charge on any atom is -0.481 e. The van der Waals surface area contributed by atoms with Crippen molar-refractivity contribution in [3.05, 3.63) is 24.3 Å². The second-order valence-electron chi connectivity index (χ2n) is 13.4. The molecule has 2 nitrogen and oxygen atoms in total. The molecule has 33 heavy (non-hydrogen) atoms. The van der Waals surface area contributed by atoms with Crippen molar-refractivity contribution in [2.75, 3.05) is 0 Å². The summed E-state index contributed by atoms with van der Waals surface area (Å²) in [6.07, 6.45) is 18.6. The van der Waals surface area contributed by atoms with Crippen LogP contribution in [0.25, 0.3) is 0 Å². The van der Waals surface area contributed by atoms with Gasteiger partial charge in [0.25, 0.3) is 0 Å². The summed E-state index contributed by atoms with van der Waals surface area (Å²) in [5.74, 6) is 4.28. The average Bonchev–Trinajstić information content (AvgIpc) is 3.11. The summed E-state index contributed by atoms with van der Waals surface area (Å²) in [5, 5.41) is 9.66. The molecular weight excluding hydrogens is 404 g/mol. The van der Waals surface area contributed by atoms with Crippen molar-refractivity contribution in [1.82, 2.24) is 0 Å². The predicted molar refractivity (Wildman–Crippen MR) is 138 cm³/mol. The number of fused-ring (bicyclic) bond motifs is 5. The van der Waals surface area contributed by atoms with Crippen LogP contribution < -0.4 is 0 Å². The number of carboxylic acid groups (broad SMARTS) is 1. The van der Waals surface area contributed by atoms with E-state index < -0.39 is 11.9 Å². The van der Waals surface area contributed by atoms with E-state index in [1.807, 2.05) is 0 Å². The fourth-order valence-corrected chi connectivity index (χ4v) is 9.52. The Labute approximate surface area is 203 Å². The van der Waals surface area contributed by atoms with Crippen LogP contribution in [0.5, 0.6) is 0 Å². The normalized spacial score (nSPS) is 42.0. The lowest BCUT2D eigenvalue weighted by atomic mass is 9.46. The van der Waals surface area contributed by atoms with Crippen molar-refractivity contribution in [3.8, 4) is 0 Å². The summed E-state index contributed by atoms with van der Waals surface area (Å²) in [5.41, 5.74) is 2.42. The van der Waals surface area contributed by atoms with E-state index in [9.17, 15) is 9.90 Å². The van der Waals surface area contributed by atoms with Gasteiger partial charge >= 0.3 is 5.97 Å². The molecule has 4 rings (SSSR count). The van der Waals surface area contributed by atoms with Gasteiger partial charge in [-0.15, -0.1) is 6.58 Å². The SMILES string of the molecule is C=CC(C(=O)O)[C@H]1CC[C@@]2(C)C(=CC[C@H]3[C@@H]4CC[C@H]([C@H](C)CCCC(C)C)[C@@]4(C)CC[C@@H]32)C1. The van der Waals surface area contributed by atoms with E-state index in [0.717, 1.165) is 48.3 Å². The van der Waals surface area contributed by atoms with Gasteiger partial charge < -0.3 is 5.11 Å². The first-order valence-corrected chi connectivity index (χ1v) is 14.2. The van der Waals surface area contributed by atoms with Gasteiger partial charge in [0.1, 0.15) is 0 Å². The molecule has 0 spiro atoms. The highest BCUT2D eigenvalue weighted by Gasteiger charge is 2.59. The molecule has 0 saturated heterocycles. The number of hydrogen-bond donors (Lipinski definition) is 1. The van der Waals surface area contributed by atoms with Crippen LogP contribution in [-0.4, -0.2) is 11.1 Å². The molecule has 9 atom stereocenters. The number of allylic oxidation sites excluding steroid dienone is 2. The minimum absolute atomic E-state index is 0.229. The van der Waals surface area contributed by atoms with Gasteiger partial charge in [-0.1, -0.05) is 71.6 Å². The fraction of sp³-hybridized carbons (Fsp3) is 0.839. The summed E-state index contributed by atoms with van der Waals surface area (Å²) >= 11 is 0. The quantitative estimate of drug-likeness (QED) is 0.373. The Balaban J connectivity index is 1.48. The Hall–Kier alpha value is -1.05. The smallest absolute Gasteiger partial charge is 0.310 e. The van der Waals surface area contributed by atoms with E-state index in [4.69, 9.17) is 0 Å². The molecule has 0 aromatic rings. The molecule has 1 unspecified atom stereocenters. The van der Waals surface area contributed by atoms with E-state index >= 15 is 0 Å². The zero-order valence-corrected chi connectivity index (χ0v) is 22.1. The summed E-state index contributed by atoms with van der Waals surface area (Å²) in [6.45, 7) is 16.3. The summed E-state index contributed by atoms with van der Waals surface area (Å²) in [7, 11) is 0. The maximum absolute atomic E-state index is 11.8. The van der Waals surface area contributed by atoms with Gasteiger partial charge in [-0.3, -0.25) is 4.79 Å². The summed E-state index contributed by atoms with van der Waals surface area (Å²) < 4.78 is 0. The van der Waals surface area contributed by atoms with Crippen LogP contribution in [0.4, 0.5) is 0 Å². The Morgan fingerprint density at radius 1 is 1.12 bits per heavy atom. The monoisotopic (exact) mass is 454 g/mol. The first-order chi connectivity index (χ1) is 15.6. The van der Waals surface area contributed by atoms with Gasteiger partial charge in [0.2, 0.25) is 0 Å². The third kappa shape index (κ3) is 4.38. The van der Waals surface area contributed by atoms with Crippen LogP contribution >= 0.6 is 0 Å². The van der Waals surface area contributed by atoms with Gasteiger partial charge in [-0.2, -0.15) is 0 Å². The largest absolute Gasteiger partial charge is 0.481 e. The molecule has 0 radical (unpaired) electrons. The number of carbonyl (C=O) groups is 1. The molecule has 0 aromatic heterocycles. The van der Waals surface area contributed by atoms with Gasteiger partial charge in [0, 0.05) is 0 Å². The standard InChI is InChI=1S/C31H50O2/c1-7-24(29(32)33)22-15-17-30(5)23(19-22)11-12-25-27-14-13-26(21(4)10-8-9-20(2)3)31(27,6)18-16-28(25)30/h7,11,20-22,24-28H,1,8-10,12-19H2,2-6H3,(H,32,33)/t21-,22+,24?,25+,26-,27+,28+,30+,31-/m1/s1. The second kappa shape index (κ2) is 9.54. The van der Waals surface area contributed by atoms with Gasteiger partial charge in [0.15, 0.2) is 0 Å². The van der Waals surface area contributed by atoms with E-state index in [1.165, 1.54) is 57.8 Å². The van der Waals surface area contributed by atoms with E-state index in [-0.39, 0.29) is 5.92 Å². The Morgan fingerprint density at radius 3 is 2.55 bits per heavy atom. The molecule has 4 aliphatic carbocycles. The van der Waals surface area contributed by atoms with Crippen LogP contribution in [0.2, 0.25) is 0 Å². The predicted octanol–water partition coefficient (Wildman–Crippen LogP) is 8.53. The van der Waals surface area contributed by atoms with Crippen molar-refractivity contribution in [3.63, 3.8) is 0 Å². The molecule has 2 heteroatoms. The third-order valence-corrected chi connectivity index (χ3v) is 11.4. The number of aliphatic carboxylic acids is 1. The number of rotatable bonds is 8.